The average Bonchev–Trinajstić information content (AvgIpc) is 2.82. The number of hydrogen-bond acceptors (Lipinski definition) is 4. The van der Waals surface area contributed by atoms with E-state index in [2.05, 4.69) is 53.7 Å². The van der Waals surface area contributed by atoms with Crippen LogP contribution in [0, 0.1) is 6.92 Å². The Morgan fingerprint density at radius 1 is 1.37 bits per heavy atom. The van der Waals surface area contributed by atoms with Crippen LogP contribution >= 0.6 is 11.8 Å². The minimum absolute atomic E-state index is 0.273. The van der Waals surface area contributed by atoms with Gasteiger partial charge in [0, 0.05) is 17.7 Å². The second kappa shape index (κ2) is 6.73. The molecule has 0 bridgehead atoms. The van der Waals surface area contributed by atoms with E-state index in [1.165, 1.54) is 10.5 Å². The zero-order chi connectivity index (χ0) is 13.7. The van der Waals surface area contributed by atoms with Crippen LogP contribution < -0.4 is 5.32 Å². The molecule has 0 saturated heterocycles. The molecule has 1 unspecified atom stereocenters. The van der Waals surface area contributed by atoms with Crippen molar-refractivity contribution in [3.8, 4) is 0 Å². The lowest BCUT2D eigenvalue weighted by atomic mass is 10.2. The molecular weight excluding hydrogens is 256 g/mol. The van der Waals surface area contributed by atoms with E-state index in [4.69, 9.17) is 0 Å². The molecule has 0 aliphatic heterocycles. The lowest BCUT2D eigenvalue weighted by Crippen LogP contribution is -2.25. The number of hydrogen-bond donors (Lipinski definition) is 1. The van der Waals surface area contributed by atoms with Crippen molar-refractivity contribution in [2.45, 2.75) is 24.8 Å². The molecule has 1 aromatic carbocycles. The van der Waals surface area contributed by atoms with Crippen LogP contribution in [0.3, 0.4) is 0 Å². The molecule has 1 heterocycles. The SMILES string of the molecule is CCNC(CSc1ccccc1C)c1cnnn1C. The molecule has 0 fully saturated rings. The van der Waals surface area contributed by atoms with Crippen LogP contribution in [0.25, 0.3) is 0 Å². The summed E-state index contributed by atoms with van der Waals surface area (Å²) in [4.78, 5) is 1.33. The van der Waals surface area contributed by atoms with Crippen molar-refractivity contribution >= 4 is 11.8 Å². The third-order valence-corrected chi connectivity index (χ3v) is 4.33. The van der Waals surface area contributed by atoms with Crippen LogP contribution in [0.4, 0.5) is 0 Å². The first-order valence-corrected chi connectivity index (χ1v) is 7.47. The van der Waals surface area contributed by atoms with E-state index in [0.29, 0.717) is 0 Å². The summed E-state index contributed by atoms with van der Waals surface area (Å²) in [5, 5.41) is 11.5. The van der Waals surface area contributed by atoms with Gasteiger partial charge >= 0.3 is 0 Å². The fraction of sp³-hybridized carbons (Fsp3) is 0.429. The zero-order valence-corrected chi connectivity index (χ0v) is 12.4. The highest BCUT2D eigenvalue weighted by Crippen LogP contribution is 2.26. The molecule has 0 saturated carbocycles. The normalized spacial score (nSPS) is 12.6. The summed E-state index contributed by atoms with van der Waals surface area (Å²) in [7, 11) is 1.94. The van der Waals surface area contributed by atoms with Crippen LogP contribution in [0.15, 0.2) is 35.4 Å². The molecule has 19 heavy (non-hydrogen) atoms. The Balaban J connectivity index is 2.06. The minimum atomic E-state index is 0.273. The largest absolute Gasteiger partial charge is 0.308 e. The number of rotatable bonds is 6. The van der Waals surface area contributed by atoms with E-state index < -0.39 is 0 Å². The van der Waals surface area contributed by atoms with Crippen molar-refractivity contribution in [1.29, 1.82) is 0 Å². The second-order valence-corrected chi connectivity index (χ2v) is 5.53. The molecule has 102 valence electrons. The molecule has 0 amide bonds. The highest BCUT2D eigenvalue weighted by atomic mass is 32.2. The predicted octanol–water partition coefficient (Wildman–Crippen LogP) is 2.57. The molecule has 0 aliphatic rings. The van der Waals surface area contributed by atoms with Gasteiger partial charge in [-0.2, -0.15) is 0 Å². The summed E-state index contributed by atoms with van der Waals surface area (Å²) < 4.78 is 1.84. The molecule has 2 aromatic rings. The molecule has 2 rings (SSSR count). The minimum Gasteiger partial charge on any atom is -0.308 e. The van der Waals surface area contributed by atoms with Crippen LogP contribution in [0.1, 0.15) is 24.2 Å². The van der Waals surface area contributed by atoms with Crippen molar-refractivity contribution in [2.24, 2.45) is 7.05 Å². The second-order valence-electron chi connectivity index (χ2n) is 4.47. The average molecular weight is 276 g/mol. The van der Waals surface area contributed by atoms with E-state index in [9.17, 15) is 0 Å². The van der Waals surface area contributed by atoms with Gasteiger partial charge in [-0.1, -0.05) is 30.3 Å². The first-order chi connectivity index (χ1) is 9.22. The molecule has 0 radical (unpaired) electrons. The number of thioether (sulfide) groups is 1. The van der Waals surface area contributed by atoms with Gasteiger partial charge in [0.2, 0.25) is 0 Å². The number of nitrogens with one attached hydrogen (secondary N) is 1. The molecule has 0 spiro atoms. The van der Waals surface area contributed by atoms with Gasteiger partial charge in [-0.25, -0.2) is 0 Å². The van der Waals surface area contributed by atoms with Crippen LogP contribution in [-0.2, 0) is 7.05 Å². The van der Waals surface area contributed by atoms with Gasteiger partial charge in [0.1, 0.15) is 0 Å². The Bertz CT molecular complexity index is 524. The van der Waals surface area contributed by atoms with Gasteiger partial charge in [0.05, 0.1) is 17.9 Å². The zero-order valence-electron chi connectivity index (χ0n) is 11.6. The van der Waals surface area contributed by atoms with Crippen molar-refractivity contribution in [3.63, 3.8) is 0 Å². The van der Waals surface area contributed by atoms with Crippen LogP contribution in [-0.4, -0.2) is 27.3 Å². The summed E-state index contributed by atoms with van der Waals surface area (Å²) in [6.07, 6.45) is 1.84. The smallest absolute Gasteiger partial charge is 0.0761 e. The van der Waals surface area contributed by atoms with Gasteiger partial charge in [-0.15, -0.1) is 16.9 Å². The van der Waals surface area contributed by atoms with E-state index in [1.807, 2.05) is 29.7 Å². The maximum absolute atomic E-state index is 4.01. The molecule has 5 heteroatoms. The Hall–Kier alpha value is -1.33. The molecule has 1 aromatic heterocycles. The number of nitrogens with zero attached hydrogens (tertiary/aromatic N) is 3. The van der Waals surface area contributed by atoms with Gasteiger partial charge in [-0.3, -0.25) is 4.68 Å². The highest BCUT2D eigenvalue weighted by molar-refractivity contribution is 7.99. The topological polar surface area (TPSA) is 42.7 Å². The van der Waals surface area contributed by atoms with E-state index in [0.717, 1.165) is 18.0 Å². The summed E-state index contributed by atoms with van der Waals surface area (Å²) in [6.45, 7) is 5.20. The number of aryl methyl sites for hydroxylation is 2. The predicted molar refractivity (Wildman–Crippen MR) is 79.3 cm³/mol. The quantitative estimate of drug-likeness (QED) is 0.824. The van der Waals surface area contributed by atoms with Gasteiger partial charge < -0.3 is 5.32 Å². The summed E-state index contributed by atoms with van der Waals surface area (Å²) in [5.41, 5.74) is 2.45. The standard InChI is InChI=1S/C14H20N4S/c1-4-15-12(13-9-16-17-18(13)3)10-19-14-8-6-5-7-11(14)2/h5-9,12,15H,4,10H2,1-3H3. The first-order valence-electron chi connectivity index (χ1n) is 6.48. The monoisotopic (exact) mass is 276 g/mol. The van der Waals surface area contributed by atoms with Crippen molar-refractivity contribution in [1.82, 2.24) is 20.3 Å². The van der Waals surface area contributed by atoms with Crippen molar-refractivity contribution < 1.29 is 0 Å². The van der Waals surface area contributed by atoms with E-state index in [-0.39, 0.29) is 6.04 Å². The van der Waals surface area contributed by atoms with E-state index in [1.54, 1.807) is 0 Å². The van der Waals surface area contributed by atoms with Gasteiger partial charge in [-0.05, 0) is 25.1 Å². The van der Waals surface area contributed by atoms with E-state index >= 15 is 0 Å². The fourth-order valence-electron chi connectivity index (χ4n) is 2.00. The Kier molecular flexibility index (Phi) is 4.99. The van der Waals surface area contributed by atoms with Gasteiger partial charge in [0.25, 0.3) is 0 Å². The lowest BCUT2D eigenvalue weighted by Gasteiger charge is -2.17. The molecular formula is C14H20N4S. The van der Waals surface area contributed by atoms with Crippen LogP contribution in [0.2, 0.25) is 0 Å². The molecule has 1 atom stereocenters. The Morgan fingerprint density at radius 2 is 2.16 bits per heavy atom. The fourth-order valence-corrected chi connectivity index (χ4v) is 3.11. The summed E-state index contributed by atoms with van der Waals surface area (Å²) in [6, 6.07) is 8.76. The first kappa shape index (κ1) is 14.1. The maximum atomic E-state index is 4.01. The molecule has 1 N–H and O–H groups in total. The Morgan fingerprint density at radius 3 is 2.79 bits per heavy atom. The molecule has 4 nitrogen and oxygen atoms in total. The Labute approximate surface area is 118 Å². The van der Waals surface area contributed by atoms with Crippen molar-refractivity contribution in [3.05, 3.63) is 41.7 Å². The molecule has 0 aliphatic carbocycles. The van der Waals surface area contributed by atoms with Crippen LogP contribution in [0.5, 0.6) is 0 Å². The van der Waals surface area contributed by atoms with Crippen molar-refractivity contribution in [2.75, 3.05) is 12.3 Å². The highest BCUT2D eigenvalue weighted by Gasteiger charge is 2.15. The third-order valence-electron chi connectivity index (χ3n) is 3.06. The lowest BCUT2D eigenvalue weighted by molar-refractivity contribution is 0.549. The third kappa shape index (κ3) is 3.58. The van der Waals surface area contributed by atoms with Gasteiger partial charge in [0.15, 0.2) is 0 Å². The summed E-state index contributed by atoms with van der Waals surface area (Å²) in [5.74, 6) is 0.972. The number of aromatic nitrogens is 3. The maximum Gasteiger partial charge on any atom is 0.0761 e. The number of benzene rings is 1. The summed E-state index contributed by atoms with van der Waals surface area (Å²) >= 11 is 1.87.